The number of ether oxygens (including phenoxy) is 2. The van der Waals surface area contributed by atoms with Crippen molar-refractivity contribution >= 4 is 28.2 Å². The number of nitrogens with zero attached hydrogens (tertiary/aromatic N) is 1. The topological polar surface area (TPSA) is 79.9 Å². The molecule has 0 saturated heterocycles. The predicted molar refractivity (Wildman–Crippen MR) is 141 cm³/mol. The number of aryl methyl sites for hydroxylation is 1. The van der Waals surface area contributed by atoms with Gasteiger partial charge in [0, 0.05) is 24.0 Å². The molecule has 0 bridgehead atoms. The number of rotatable bonds is 6. The van der Waals surface area contributed by atoms with Crippen LogP contribution in [0.4, 0.5) is 5.00 Å². The summed E-state index contributed by atoms with van der Waals surface area (Å²) in [7, 11) is 0. The lowest BCUT2D eigenvalue weighted by atomic mass is 9.99. The van der Waals surface area contributed by atoms with Gasteiger partial charge in [0.25, 0.3) is 5.91 Å². The fourth-order valence-corrected chi connectivity index (χ4v) is 5.95. The van der Waals surface area contributed by atoms with Crippen LogP contribution in [0.5, 0.6) is 11.5 Å². The van der Waals surface area contributed by atoms with Crippen LogP contribution in [0.1, 0.15) is 69.2 Å². The standard InChI is InChI=1S/C28H31N3O4S/c1-5-34-22-14-19(10-11-21(22)35-28(33)18-8-6-17(4)7-9-18)25-29-26(32)24-20-12-13-31(16(2)3)15-23(20)36-27(24)30-25/h6-11,14,16,25,30H,5,12-13,15H2,1-4H3,(H,29,32). The smallest absolute Gasteiger partial charge is 0.343 e. The van der Waals surface area contributed by atoms with Crippen LogP contribution >= 0.6 is 11.3 Å². The number of esters is 1. The van der Waals surface area contributed by atoms with E-state index in [9.17, 15) is 9.59 Å². The fourth-order valence-electron chi connectivity index (χ4n) is 4.65. The lowest BCUT2D eigenvalue weighted by molar-refractivity contribution is 0.0728. The van der Waals surface area contributed by atoms with E-state index in [1.807, 2.05) is 38.1 Å². The van der Waals surface area contributed by atoms with Gasteiger partial charge in [-0.2, -0.15) is 0 Å². The number of benzene rings is 2. The molecule has 2 aromatic carbocycles. The van der Waals surface area contributed by atoms with E-state index in [1.54, 1.807) is 29.5 Å². The number of fused-ring (bicyclic) bond motifs is 3. The van der Waals surface area contributed by atoms with Gasteiger partial charge in [-0.1, -0.05) is 23.8 Å². The minimum Gasteiger partial charge on any atom is -0.490 e. The highest BCUT2D eigenvalue weighted by Gasteiger charge is 2.34. The quantitative estimate of drug-likeness (QED) is 0.350. The number of anilines is 1. The van der Waals surface area contributed by atoms with E-state index >= 15 is 0 Å². The van der Waals surface area contributed by atoms with Crippen LogP contribution in [0.3, 0.4) is 0 Å². The third-order valence-corrected chi connectivity index (χ3v) is 7.83. The number of nitrogens with one attached hydrogen (secondary N) is 2. The molecule has 1 aromatic heterocycles. The van der Waals surface area contributed by atoms with Crippen LogP contribution in [0.2, 0.25) is 0 Å². The first kappa shape index (κ1) is 24.3. The van der Waals surface area contributed by atoms with E-state index in [-0.39, 0.29) is 5.91 Å². The molecule has 1 amide bonds. The van der Waals surface area contributed by atoms with Crippen molar-refractivity contribution in [2.24, 2.45) is 0 Å². The van der Waals surface area contributed by atoms with Gasteiger partial charge in [0.15, 0.2) is 11.5 Å². The first-order valence-corrected chi connectivity index (χ1v) is 13.2. The molecule has 7 nitrogen and oxygen atoms in total. The monoisotopic (exact) mass is 505 g/mol. The largest absolute Gasteiger partial charge is 0.490 e. The van der Waals surface area contributed by atoms with Crippen LogP contribution in [0.15, 0.2) is 42.5 Å². The zero-order valence-corrected chi connectivity index (χ0v) is 21.8. The molecule has 3 aromatic rings. The summed E-state index contributed by atoms with van der Waals surface area (Å²) in [4.78, 5) is 29.5. The molecule has 36 heavy (non-hydrogen) atoms. The van der Waals surface area contributed by atoms with Crippen LogP contribution in [0, 0.1) is 6.92 Å². The lowest BCUT2D eigenvalue weighted by Crippen LogP contribution is -2.39. The van der Waals surface area contributed by atoms with Crippen LogP contribution in [-0.4, -0.2) is 36.0 Å². The summed E-state index contributed by atoms with van der Waals surface area (Å²) in [5, 5.41) is 7.52. The van der Waals surface area contributed by atoms with Crippen molar-refractivity contribution in [2.45, 2.75) is 52.9 Å². The molecule has 2 N–H and O–H groups in total. The molecule has 2 aliphatic heterocycles. The third kappa shape index (κ3) is 4.70. The summed E-state index contributed by atoms with van der Waals surface area (Å²) in [6.45, 7) is 10.5. The number of hydrogen-bond donors (Lipinski definition) is 2. The normalized spacial score (nSPS) is 17.1. The van der Waals surface area contributed by atoms with Crippen molar-refractivity contribution in [2.75, 3.05) is 18.5 Å². The predicted octanol–water partition coefficient (Wildman–Crippen LogP) is 5.30. The number of amides is 1. The zero-order chi connectivity index (χ0) is 25.4. The first-order valence-electron chi connectivity index (χ1n) is 12.4. The third-order valence-electron chi connectivity index (χ3n) is 6.69. The van der Waals surface area contributed by atoms with Crippen LogP contribution < -0.4 is 20.1 Å². The Bertz CT molecular complexity index is 1300. The molecule has 0 saturated carbocycles. The van der Waals surface area contributed by atoms with Crippen molar-refractivity contribution in [3.63, 3.8) is 0 Å². The van der Waals surface area contributed by atoms with E-state index in [0.29, 0.717) is 29.7 Å². The van der Waals surface area contributed by atoms with Crippen LogP contribution in [0.25, 0.3) is 0 Å². The SMILES string of the molecule is CCOc1cc(C2NC(=O)c3c(sc4c3CCN(C(C)C)C4)N2)ccc1OC(=O)c1ccc(C)cc1. The fraction of sp³-hybridized carbons (Fsp3) is 0.357. The maximum absolute atomic E-state index is 13.2. The van der Waals surface area contributed by atoms with Gasteiger partial charge in [0.1, 0.15) is 11.2 Å². The number of carbonyl (C=O) groups excluding carboxylic acids is 2. The van der Waals surface area contributed by atoms with Crippen molar-refractivity contribution in [3.8, 4) is 11.5 Å². The Kier molecular flexibility index (Phi) is 6.73. The van der Waals surface area contributed by atoms with Crippen LogP contribution in [-0.2, 0) is 13.0 Å². The molecule has 188 valence electrons. The van der Waals surface area contributed by atoms with E-state index in [0.717, 1.165) is 41.2 Å². The molecule has 0 spiro atoms. The molecular weight excluding hydrogens is 474 g/mol. The minimum atomic E-state index is -0.447. The lowest BCUT2D eigenvalue weighted by Gasteiger charge is -2.31. The second-order valence-corrected chi connectivity index (χ2v) is 10.6. The van der Waals surface area contributed by atoms with E-state index in [4.69, 9.17) is 9.47 Å². The Morgan fingerprint density at radius 3 is 2.64 bits per heavy atom. The highest BCUT2D eigenvalue weighted by atomic mass is 32.1. The molecule has 3 heterocycles. The second-order valence-electron chi connectivity index (χ2n) is 9.47. The molecule has 2 aliphatic rings. The molecule has 5 rings (SSSR count). The Morgan fingerprint density at radius 2 is 1.92 bits per heavy atom. The molecule has 0 radical (unpaired) electrons. The van der Waals surface area contributed by atoms with Gasteiger partial charge in [-0.15, -0.1) is 11.3 Å². The molecule has 1 unspecified atom stereocenters. The Balaban J connectivity index is 1.38. The van der Waals surface area contributed by atoms with Gasteiger partial charge >= 0.3 is 5.97 Å². The van der Waals surface area contributed by atoms with Crippen molar-refractivity contribution in [3.05, 3.63) is 75.2 Å². The van der Waals surface area contributed by atoms with E-state index in [2.05, 4.69) is 29.4 Å². The molecule has 8 heteroatoms. The number of hydrogen-bond acceptors (Lipinski definition) is 7. The Labute approximate surface area is 215 Å². The second kappa shape index (κ2) is 9.95. The summed E-state index contributed by atoms with van der Waals surface area (Å²) in [5.41, 5.74) is 4.31. The summed E-state index contributed by atoms with van der Waals surface area (Å²) in [6, 6.07) is 13.1. The van der Waals surface area contributed by atoms with Crippen molar-refractivity contribution in [1.29, 1.82) is 0 Å². The molecular formula is C28H31N3O4S. The molecule has 0 aliphatic carbocycles. The van der Waals surface area contributed by atoms with Crippen molar-refractivity contribution in [1.82, 2.24) is 10.2 Å². The number of carbonyl (C=O) groups is 2. The zero-order valence-electron chi connectivity index (χ0n) is 21.0. The van der Waals surface area contributed by atoms with Gasteiger partial charge in [-0.05, 0) is 69.5 Å². The molecule has 0 fully saturated rings. The summed E-state index contributed by atoms with van der Waals surface area (Å²) >= 11 is 1.67. The first-order chi connectivity index (χ1) is 17.3. The van der Waals surface area contributed by atoms with Gasteiger partial charge in [-0.25, -0.2) is 4.79 Å². The maximum atomic E-state index is 13.2. The average molecular weight is 506 g/mol. The highest BCUT2D eigenvalue weighted by Crippen LogP contribution is 2.42. The van der Waals surface area contributed by atoms with E-state index in [1.165, 1.54) is 10.4 Å². The van der Waals surface area contributed by atoms with Gasteiger partial charge in [-0.3, -0.25) is 9.69 Å². The summed E-state index contributed by atoms with van der Waals surface area (Å²) < 4.78 is 11.5. The van der Waals surface area contributed by atoms with Gasteiger partial charge < -0.3 is 20.1 Å². The highest BCUT2D eigenvalue weighted by molar-refractivity contribution is 7.16. The van der Waals surface area contributed by atoms with Gasteiger partial charge in [0.2, 0.25) is 0 Å². The van der Waals surface area contributed by atoms with Crippen molar-refractivity contribution < 1.29 is 19.1 Å². The Morgan fingerprint density at radius 1 is 1.14 bits per heavy atom. The molecule has 1 atom stereocenters. The number of thiophene rings is 1. The maximum Gasteiger partial charge on any atom is 0.343 e. The van der Waals surface area contributed by atoms with Gasteiger partial charge in [0.05, 0.1) is 17.7 Å². The average Bonchev–Trinajstić information content (AvgIpc) is 3.23. The summed E-state index contributed by atoms with van der Waals surface area (Å²) in [6.07, 6.45) is 0.474. The minimum absolute atomic E-state index is 0.0583. The summed E-state index contributed by atoms with van der Waals surface area (Å²) in [5.74, 6) is 0.291. The van der Waals surface area contributed by atoms with E-state index < -0.39 is 12.1 Å². The Hall–Kier alpha value is -3.36.